The van der Waals surface area contributed by atoms with E-state index in [0.717, 1.165) is 33.2 Å². The molecule has 4 aromatic rings. The Morgan fingerprint density at radius 3 is 2.43 bits per heavy atom. The summed E-state index contributed by atoms with van der Waals surface area (Å²) in [7, 11) is 0. The Bertz CT molecular complexity index is 1710. The van der Waals surface area contributed by atoms with Gasteiger partial charge in [0.15, 0.2) is 5.03 Å². The van der Waals surface area contributed by atoms with Gasteiger partial charge in [0.25, 0.3) is 5.96 Å². The van der Waals surface area contributed by atoms with Gasteiger partial charge in [-0.05, 0) is 42.9 Å². The van der Waals surface area contributed by atoms with E-state index in [1.807, 2.05) is 85.9 Å². The number of nitrogens with zero attached hydrogens (tertiary/aromatic N) is 2. The molecule has 0 unspecified atom stereocenters. The van der Waals surface area contributed by atoms with Crippen molar-refractivity contribution < 1.29 is 52.1 Å². The summed E-state index contributed by atoms with van der Waals surface area (Å²) in [5, 5.41) is 25.0. The second-order valence-corrected chi connectivity index (χ2v) is 11.5. The first kappa shape index (κ1) is 38.8. The maximum Gasteiger partial charge on any atom is 0.266 e. The van der Waals surface area contributed by atoms with E-state index in [0.29, 0.717) is 25.8 Å². The van der Waals surface area contributed by atoms with E-state index in [1.54, 1.807) is 0 Å². The van der Waals surface area contributed by atoms with E-state index in [9.17, 15) is 24.5 Å². The number of hydrazone groups is 1. The molecule has 255 valence electrons. The van der Waals surface area contributed by atoms with Gasteiger partial charge in [0, 0.05) is 75.7 Å². The molecule has 3 amide bonds. The second-order valence-electron chi connectivity index (χ2n) is 11.5. The van der Waals surface area contributed by atoms with E-state index in [-0.39, 0.29) is 70.4 Å². The quantitative estimate of drug-likeness (QED) is 0.0239. The normalized spacial score (nSPS) is 12.3. The zero-order valence-corrected chi connectivity index (χ0v) is 30.2. The van der Waals surface area contributed by atoms with Crippen LogP contribution in [-0.2, 0) is 66.4 Å². The number of benzene rings is 3. The molecule has 0 bridgehead atoms. The standard InChI is InChI=1S/C35H41N8O5.Y/c1-24-13-15-25(16-14-24)17-18-32(44)40-31(22-26-8-3-2-4-9-26)34(46)41-30(12-7-20-38-35(36)42-43(47)48)33(45)37-21-19-27-23-39-29-11-6-5-10-28(27)29;/h2-6,8-11,13-15,23,30-31,39H,7,12,17-22H2,1H3,(H,37,45)(H,40,44)(H,41,46)(H3,36,38,42);/q-1;/t30-,31+;/m0./s1. The number of carbonyl (C=O) groups is 3. The fourth-order valence-corrected chi connectivity index (χ4v) is 5.23. The number of guanidine groups is 1. The molecule has 0 aliphatic carbocycles. The summed E-state index contributed by atoms with van der Waals surface area (Å²) in [5.41, 5.74) is 10.4. The number of aromatic nitrogens is 1. The third-order valence-corrected chi connectivity index (χ3v) is 7.75. The van der Waals surface area contributed by atoms with Crippen LogP contribution in [0.25, 0.3) is 10.9 Å². The van der Waals surface area contributed by atoms with Crippen molar-refractivity contribution in [2.75, 3.05) is 13.1 Å². The third-order valence-electron chi connectivity index (χ3n) is 7.75. The Balaban J connectivity index is 0.00000650. The Labute approximate surface area is 310 Å². The molecule has 49 heavy (non-hydrogen) atoms. The van der Waals surface area contributed by atoms with Crippen LogP contribution < -0.4 is 27.0 Å². The van der Waals surface area contributed by atoms with E-state index in [4.69, 9.17) is 5.73 Å². The second kappa shape index (κ2) is 20.0. The molecule has 0 aliphatic rings. The van der Waals surface area contributed by atoms with E-state index < -0.39 is 28.9 Å². The fourth-order valence-electron chi connectivity index (χ4n) is 5.23. The summed E-state index contributed by atoms with van der Waals surface area (Å²) in [5.74, 6) is -1.56. The van der Waals surface area contributed by atoms with Crippen molar-refractivity contribution in [2.24, 2.45) is 10.8 Å². The van der Waals surface area contributed by atoms with Crippen molar-refractivity contribution in [2.45, 2.75) is 57.5 Å². The van der Waals surface area contributed by atoms with Crippen LogP contribution in [0.3, 0.4) is 0 Å². The van der Waals surface area contributed by atoms with Gasteiger partial charge in [-0.15, -0.1) is 0 Å². The average Bonchev–Trinajstić information content (AvgIpc) is 3.48. The Morgan fingerprint density at radius 1 is 0.939 bits per heavy atom. The minimum absolute atomic E-state index is 0. The van der Waals surface area contributed by atoms with Gasteiger partial charge in [0.2, 0.25) is 17.7 Å². The number of nitro groups is 1. The molecule has 1 radical (unpaired) electrons. The Hall–Kier alpha value is -4.62. The van der Waals surface area contributed by atoms with Crippen molar-refractivity contribution in [3.8, 4) is 0 Å². The van der Waals surface area contributed by atoms with Crippen LogP contribution in [-0.4, -0.2) is 58.9 Å². The summed E-state index contributed by atoms with van der Waals surface area (Å²) in [6.07, 6.45) is 3.84. The van der Waals surface area contributed by atoms with E-state index in [1.165, 1.54) is 0 Å². The number of fused-ring (bicyclic) bond motifs is 1. The van der Waals surface area contributed by atoms with Crippen LogP contribution in [0.5, 0.6) is 0 Å². The number of carbonyl (C=O) groups excluding carboxylic acids is 3. The summed E-state index contributed by atoms with van der Waals surface area (Å²) in [6.45, 7) is 2.47. The van der Waals surface area contributed by atoms with Crippen LogP contribution in [0.2, 0.25) is 0 Å². The van der Waals surface area contributed by atoms with Crippen molar-refractivity contribution in [3.05, 3.63) is 117 Å². The van der Waals surface area contributed by atoms with Crippen LogP contribution >= 0.6 is 0 Å². The maximum atomic E-state index is 13.7. The monoisotopic (exact) mass is 742 g/mol. The molecule has 13 nitrogen and oxygen atoms in total. The number of para-hydroxylation sites is 1. The number of rotatable bonds is 17. The number of nitrogens with two attached hydrogens (primary N) is 1. The molecule has 0 saturated carbocycles. The summed E-state index contributed by atoms with van der Waals surface area (Å²) >= 11 is 0. The summed E-state index contributed by atoms with van der Waals surface area (Å²) < 4.78 is 0. The smallest absolute Gasteiger partial charge is 0.266 e. The number of hydrogen-bond acceptors (Lipinski definition) is 5. The molecule has 1 heterocycles. The zero-order chi connectivity index (χ0) is 34.3. The molecule has 14 heteroatoms. The van der Waals surface area contributed by atoms with Crippen molar-refractivity contribution in [1.82, 2.24) is 26.3 Å². The predicted molar refractivity (Wildman–Crippen MR) is 183 cm³/mol. The minimum atomic E-state index is -0.951. The van der Waals surface area contributed by atoms with Gasteiger partial charge in [-0.2, -0.15) is 35.4 Å². The van der Waals surface area contributed by atoms with Gasteiger partial charge in [-0.25, -0.2) is 10.1 Å². The molecule has 0 fully saturated rings. The molecule has 0 saturated heterocycles. The van der Waals surface area contributed by atoms with Crippen molar-refractivity contribution >= 4 is 34.6 Å². The minimum Gasteiger partial charge on any atom is -0.365 e. The Kier molecular flexibility index (Phi) is 15.9. The molecule has 7 N–H and O–H groups in total. The zero-order valence-electron chi connectivity index (χ0n) is 27.4. The number of H-pyrrole nitrogens is 1. The molecular formula is C35H41N8O5Y-. The van der Waals surface area contributed by atoms with Crippen molar-refractivity contribution in [1.29, 1.82) is 0 Å². The Morgan fingerprint density at radius 2 is 1.69 bits per heavy atom. The van der Waals surface area contributed by atoms with Crippen LogP contribution in [0, 0.1) is 23.1 Å². The first-order valence-electron chi connectivity index (χ1n) is 15.8. The molecule has 4 rings (SSSR count). The number of aromatic amines is 1. The van der Waals surface area contributed by atoms with Crippen LogP contribution in [0.1, 0.15) is 41.5 Å². The summed E-state index contributed by atoms with van der Waals surface area (Å²) in [4.78, 5) is 54.0. The predicted octanol–water partition coefficient (Wildman–Crippen LogP) is 2.65. The number of aryl methyl sites for hydroxylation is 2. The first-order valence-corrected chi connectivity index (χ1v) is 15.8. The SMILES string of the molecule is Cc1c[c-]c(CCC(=O)N[C@H](Cc2ccccc2)C(=O)N[C@@H](CCCN/C(N)=N/[N+](=O)[O-])C(=O)NCCc2c[nH]c3ccccc23)cc1.[Y]. The maximum absolute atomic E-state index is 13.7. The van der Waals surface area contributed by atoms with Gasteiger partial charge in [0.05, 0.1) is 0 Å². The largest absolute Gasteiger partial charge is 0.365 e. The van der Waals surface area contributed by atoms with Gasteiger partial charge in [-0.1, -0.05) is 55.5 Å². The van der Waals surface area contributed by atoms with Crippen molar-refractivity contribution in [3.63, 3.8) is 0 Å². The number of amides is 3. The fraction of sp³-hybridized carbons (Fsp3) is 0.314. The van der Waals surface area contributed by atoms with E-state index in [2.05, 4.69) is 37.4 Å². The van der Waals surface area contributed by atoms with Crippen LogP contribution in [0.15, 0.2) is 84.1 Å². The van der Waals surface area contributed by atoms with E-state index >= 15 is 0 Å². The molecule has 0 spiro atoms. The molecule has 0 aliphatic heterocycles. The molecular weight excluding hydrogens is 701 g/mol. The molecule has 1 aromatic heterocycles. The van der Waals surface area contributed by atoms with Gasteiger partial charge < -0.3 is 32.0 Å². The first-order chi connectivity index (χ1) is 23.2. The van der Waals surface area contributed by atoms with Gasteiger partial charge in [-0.3, -0.25) is 14.4 Å². The molecule has 2 atom stereocenters. The third kappa shape index (κ3) is 13.1. The van der Waals surface area contributed by atoms with Gasteiger partial charge >= 0.3 is 0 Å². The topological polar surface area (TPSA) is 197 Å². The number of nitrogens with one attached hydrogen (secondary N) is 5. The van der Waals surface area contributed by atoms with Gasteiger partial charge in [0.1, 0.15) is 17.2 Å². The number of hydrogen-bond donors (Lipinski definition) is 6. The summed E-state index contributed by atoms with van der Waals surface area (Å²) in [6, 6.07) is 24.2. The van der Waals surface area contributed by atoms with Crippen LogP contribution in [0.4, 0.5) is 0 Å². The average molecular weight is 743 g/mol. The molecule has 3 aromatic carbocycles.